The lowest BCUT2D eigenvalue weighted by atomic mass is 10.1. The Balaban J connectivity index is 1.93. The number of hydrogen-bond donors (Lipinski definition) is 0. The molecule has 8 nitrogen and oxygen atoms in total. The van der Waals surface area contributed by atoms with Gasteiger partial charge in [0.05, 0.1) is 26.4 Å². The number of carbonyl (C=O) groups excluding carboxylic acids is 3. The fourth-order valence-electron chi connectivity index (χ4n) is 3.40. The first-order valence-electron chi connectivity index (χ1n) is 10.1. The summed E-state index contributed by atoms with van der Waals surface area (Å²) in [4.78, 5) is 40.7. The summed E-state index contributed by atoms with van der Waals surface area (Å²) in [7, 11) is 3.02. The minimum absolute atomic E-state index is 0.00764. The lowest BCUT2D eigenvalue weighted by Crippen LogP contribution is -2.42. The highest BCUT2D eigenvalue weighted by Gasteiger charge is 2.27. The lowest BCUT2D eigenvalue weighted by Gasteiger charge is -2.28. The van der Waals surface area contributed by atoms with Gasteiger partial charge in [0.2, 0.25) is 5.91 Å². The van der Waals surface area contributed by atoms with E-state index in [-0.39, 0.29) is 25.1 Å². The number of hydrogen-bond acceptors (Lipinski definition) is 6. The highest BCUT2D eigenvalue weighted by atomic mass is 16.5. The van der Waals surface area contributed by atoms with Gasteiger partial charge in [-0.05, 0) is 55.8 Å². The van der Waals surface area contributed by atoms with Gasteiger partial charge < -0.3 is 19.1 Å². The first kappa shape index (κ1) is 22.1. The van der Waals surface area contributed by atoms with Crippen LogP contribution in [0.3, 0.4) is 0 Å². The Bertz CT molecular complexity index is 957. The summed E-state index contributed by atoms with van der Waals surface area (Å²) in [6.45, 7) is 2.73. The van der Waals surface area contributed by atoms with Crippen LogP contribution in [0.2, 0.25) is 0 Å². The molecule has 31 heavy (non-hydrogen) atoms. The van der Waals surface area contributed by atoms with Crippen LogP contribution >= 0.6 is 0 Å². The number of ether oxygens (including phenoxy) is 3. The van der Waals surface area contributed by atoms with E-state index in [1.807, 2.05) is 0 Å². The van der Waals surface area contributed by atoms with Crippen LogP contribution in [-0.2, 0) is 9.53 Å². The molecule has 164 valence electrons. The SMILES string of the molecule is CCOC(=O)c1ccc(N(CN2CCCC2=O)C(=O)c2ccc(OC)c(OC)c2)cc1. The summed E-state index contributed by atoms with van der Waals surface area (Å²) in [5.41, 5.74) is 1.34. The molecule has 0 saturated carbocycles. The maximum atomic E-state index is 13.4. The van der Waals surface area contributed by atoms with Crippen molar-refractivity contribution in [3.63, 3.8) is 0 Å². The number of rotatable bonds is 8. The van der Waals surface area contributed by atoms with Gasteiger partial charge in [-0.15, -0.1) is 0 Å². The van der Waals surface area contributed by atoms with Crippen LogP contribution in [0.1, 0.15) is 40.5 Å². The number of amides is 2. The quantitative estimate of drug-likeness (QED) is 0.603. The van der Waals surface area contributed by atoms with Crippen molar-refractivity contribution in [2.75, 3.05) is 38.9 Å². The fraction of sp³-hybridized carbons (Fsp3) is 0.348. The molecular weight excluding hydrogens is 400 g/mol. The molecule has 2 aromatic carbocycles. The minimum Gasteiger partial charge on any atom is -0.493 e. The van der Waals surface area contributed by atoms with Gasteiger partial charge in [-0.2, -0.15) is 0 Å². The van der Waals surface area contributed by atoms with Gasteiger partial charge in [0.1, 0.15) is 6.67 Å². The normalized spacial score (nSPS) is 13.1. The van der Waals surface area contributed by atoms with Crippen molar-refractivity contribution >= 4 is 23.5 Å². The van der Waals surface area contributed by atoms with E-state index in [0.29, 0.717) is 41.3 Å². The molecule has 0 bridgehead atoms. The fourth-order valence-corrected chi connectivity index (χ4v) is 3.40. The summed E-state index contributed by atoms with van der Waals surface area (Å²) in [6, 6.07) is 11.5. The van der Waals surface area contributed by atoms with E-state index in [9.17, 15) is 14.4 Å². The Hall–Kier alpha value is -3.55. The van der Waals surface area contributed by atoms with Gasteiger partial charge in [0, 0.05) is 24.2 Å². The van der Waals surface area contributed by atoms with Crippen LogP contribution in [0.5, 0.6) is 11.5 Å². The van der Waals surface area contributed by atoms with Gasteiger partial charge >= 0.3 is 5.97 Å². The van der Waals surface area contributed by atoms with Crippen LogP contribution in [0.25, 0.3) is 0 Å². The number of likely N-dealkylation sites (tertiary alicyclic amines) is 1. The molecule has 1 aliphatic heterocycles. The summed E-state index contributed by atoms with van der Waals surface area (Å²) in [6.07, 6.45) is 1.24. The smallest absolute Gasteiger partial charge is 0.338 e. The molecule has 0 N–H and O–H groups in total. The highest BCUT2D eigenvalue weighted by molar-refractivity contribution is 6.07. The van der Waals surface area contributed by atoms with Crippen molar-refractivity contribution in [3.8, 4) is 11.5 Å². The molecule has 0 aromatic heterocycles. The molecule has 1 fully saturated rings. The zero-order chi connectivity index (χ0) is 22.4. The Kier molecular flexibility index (Phi) is 7.12. The van der Waals surface area contributed by atoms with Crippen molar-refractivity contribution in [2.24, 2.45) is 0 Å². The second kappa shape index (κ2) is 9.97. The number of carbonyl (C=O) groups is 3. The molecule has 1 heterocycles. The van der Waals surface area contributed by atoms with Gasteiger partial charge in [-0.1, -0.05) is 0 Å². The summed E-state index contributed by atoms with van der Waals surface area (Å²) < 4.78 is 15.6. The van der Waals surface area contributed by atoms with Crippen LogP contribution in [-0.4, -0.2) is 56.7 Å². The standard InChI is InChI=1S/C23H26N2O6/c1-4-31-23(28)16-7-10-18(11-8-16)25(15-24-13-5-6-21(24)26)22(27)17-9-12-19(29-2)20(14-17)30-3/h7-12,14H,4-6,13,15H2,1-3H3. The molecule has 8 heteroatoms. The summed E-state index contributed by atoms with van der Waals surface area (Å²) >= 11 is 0. The molecule has 3 rings (SSSR count). The van der Waals surface area contributed by atoms with Crippen molar-refractivity contribution in [1.82, 2.24) is 4.90 Å². The average Bonchev–Trinajstić information content (AvgIpc) is 3.21. The molecule has 0 radical (unpaired) electrons. The average molecular weight is 426 g/mol. The molecule has 0 unspecified atom stereocenters. The lowest BCUT2D eigenvalue weighted by molar-refractivity contribution is -0.127. The number of esters is 1. The van der Waals surface area contributed by atoms with Crippen LogP contribution in [0.15, 0.2) is 42.5 Å². The molecule has 2 aromatic rings. The van der Waals surface area contributed by atoms with E-state index >= 15 is 0 Å². The zero-order valence-electron chi connectivity index (χ0n) is 17.9. The molecule has 0 atom stereocenters. The first-order valence-corrected chi connectivity index (χ1v) is 10.1. The topological polar surface area (TPSA) is 85.4 Å². The number of nitrogens with zero attached hydrogens (tertiary/aromatic N) is 2. The third kappa shape index (κ3) is 4.96. The van der Waals surface area contributed by atoms with E-state index in [0.717, 1.165) is 6.42 Å². The maximum absolute atomic E-state index is 13.4. The van der Waals surface area contributed by atoms with Crippen molar-refractivity contribution in [3.05, 3.63) is 53.6 Å². The van der Waals surface area contributed by atoms with Crippen molar-refractivity contribution in [2.45, 2.75) is 19.8 Å². The molecular formula is C23H26N2O6. The highest BCUT2D eigenvalue weighted by Crippen LogP contribution is 2.29. The van der Waals surface area contributed by atoms with Crippen molar-refractivity contribution < 1.29 is 28.6 Å². The van der Waals surface area contributed by atoms with Gasteiger partial charge in [-0.3, -0.25) is 14.5 Å². The Morgan fingerprint density at radius 1 is 1.00 bits per heavy atom. The monoisotopic (exact) mass is 426 g/mol. The van der Waals surface area contributed by atoms with Gasteiger partial charge in [-0.25, -0.2) is 4.79 Å². The maximum Gasteiger partial charge on any atom is 0.338 e. The third-order valence-corrected chi connectivity index (χ3v) is 5.05. The predicted molar refractivity (Wildman–Crippen MR) is 115 cm³/mol. The van der Waals surface area contributed by atoms with E-state index in [4.69, 9.17) is 14.2 Å². The van der Waals surface area contributed by atoms with Gasteiger partial charge in [0.15, 0.2) is 11.5 Å². The van der Waals surface area contributed by atoms with E-state index in [1.165, 1.54) is 19.1 Å². The first-order chi connectivity index (χ1) is 15.0. The van der Waals surface area contributed by atoms with Crippen LogP contribution in [0, 0.1) is 0 Å². The predicted octanol–water partition coefficient (Wildman–Crippen LogP) is 3.11. The van der Waals surface area contributed by atoms with E-state index < -0.39 is 5.97 Å². The van der Waals surface area contributed by atoms with Crippen LogP contribution in [0.4, 0.5) is 5.69 Å². The van der Waals surface area contributed by atoms with E-state index in [1.54, 1.807) is 54.3 Å². The largest absolute Gasteiger partial charge is 0.493 e. The summed E-state index contributed by atoms with van der Waals surface area (Å²) in [5, 5.41) is 0. The summed E-state index contributed by atoms with van der Waals surface area (Å²) in [5.74, 6) is 0.224. The Labute approximate surface area is 181 Å². The molecule has 1 saturated heterocycles. The number of methoxy groups -OCH3 is 2. The number of anilines is 1. The second-order valence-corrected chi connectivity index (χ2v) is 6.97. The molecule has 0 spiro atoms. The second-order valence-electron chi connectivity index (χ2n) is 6.97. The van der Waals surface area contributed by atoms with Crippen molar-refractivity contribution in [1.29, 1.82) is 0 Å². The van der Waals surface area contributed by atoms with Crippen LogP contribution < -0.4 is 14.4 Å². The zero-order valence-corrected chi connectivity index (χ0v) is 17.9. The number of benzene rings is 2. The third-order valence-electron chi connectivity index (χ3n) is 5.05. The molecule has 1 aliphatic rings. The minimum atomic E-state index is -0.429. The van der Waals surface area contributed by atoms with E-state index in [2.05, 4.69) is 0 Å². The molecule has 0 aliphatic carbocycles. The molecule has 2 amide bonds. The van der Waals surface area contributed by atoms with Gasteiger partial charge in [0.25, 0.3) is 5.91 Å². The Morgan fingerprint density at radius 2 is 1.68 bits per heavy atom. The Morgan fingerprint density at radius 3 is 2.26 bits per heavy atom.